The summed E-state index contributed by atoms with van der Waals surface area (Å²) in [6.45, 7) is 1.53. The zero-order valence-corrected chi connectivity index (χ0v) is 19.6. The number of nitrogens with zero attached hydrogens (tertiary/aromatic N) is 3. The fourth-order valence-corrected chi connectivity index (χ4v) is 4.88. The first-order valence-electron chi connectivity index (χ1n) is 10.2. The van der Waals surface area contributed by atoms with Gasteiger partial charge >= 0.3 is 0 Å². The van der Waals surface area contributed by atoms with E-state index in [0.717, 1.165) is 10.2 Å². The van der Waals surface area contributed by atoms with Gasteiger partial charge in [0.05, 0.1) is 17.5 Å². The smallest absolute Gasteiger partial charge is 0.274 e. The summed E-state index contributed by atoms with van der Waals surface area (Å²) in [5.41, 5.74) is 1.52. The molecule has 0 atom stereocenters. The fraction of sp³-hybridized carbons (Fsp3) is 0.130. The molecule has 0 spiro atoms. The Labute approximate surface area is 198 Å². The molecule has 0 radical (unpaired) electrons. The molecule has 5 aromatic rings. The van der Waals surface area contributed by atoms with E-state index in [2.05, 4.69) is 10.1 Å². The number of aromatic nitrogens is 4. The third-order valence-corrected chi connectivity index (χ3v) is 7.35. The standard InChI is InChI=1S/C23H18ClFN4O4S/c1-3-34(31,32)29-19-10-16(17-12-28(2)23(30)22-15(17)6-7-26-22)21(8-13(19)11-27-29)33-20-5-4-14(24)9-18(20)25/h4-12,26H,3H2,1-2H3. The van der Waals surface area contributed by atoms with Gasteiger partial charge in [0.25, 0.3) is 15.6 Å². The first-order chi connectivity index (χ1) is 16.2. The molecule has 0 aliphatic rings. The molecule has 8 nitrogen and oxygen atoms in total. The molecule has 0 aliphatic heterocycles. The van der Waals surface area contributed by atoms with Gasteiger partial charge in [0, 0.05) is 46.4 Å². The van der Waals surface area contributed by atoms with E-state index in [-0.39, 0.29) is 27.8 Å². The zero-order valence-electron chi connectivity index (χ0n) is 18.0. The van der Waals surface area contributed by atoms with E-state index in [1.54, 1.807) is 37.6 Å². The first kappa shape index (κ1) is 22.2. The third-order valence-electron chi connectivity index (χ3n) is 5.56. The van der Waals surface area contributed by atoms with Gasteiger partial charge in [0.15, 0.2) is 11.6 Å². The van der Waals surface area contributed by atoms with Crippen LogP contribution in [0.3, 0.4) is 0 Å². The van der Waals surface area contributed by atoms with Crippen molar-refractivity contribution in [3.63, 3.8) is 0 Å². The highest BCUT2D eigenvalue weighted by Gasteiger charge is 2.21. The lowest BCUT2D eigenvalue weighted by Gasteiger charge is -2.15. The molecule has 0 fully saturated rings. The largest absolute Gasteiger partial charge is 0.454 e. The van der Waals surface area contributed by atoms with E-state index in [9.17, 15) is 17.6 Å². The van der Waals surface area contributed by atoms with Gasteiger partial charge in [-0.15, -0.1) is 0 Å². The molecule has 5 rings (SSSR count). The Morgan fingerprint density at radius 2 is 1.94 bits per heavy atom. The van der Waals surface area contributed by atoms with E-state index in [1.807, 2.05) is 0 Å². The van der Waals surface area contributed by atoms with Crippen LogP contribution in [0, 0.1) is 5.82 Å². The first-order valence-corrected chi connectivity index (χ1v) is 12.2. The SMILES string of the molecule is CCS(=O)(=O)n1ncc2cc(Oc3ccc(Cl)cc3F)c(-c3cn(C)c(=O)c4[nH]ccc34)cc21. The van der Waals surface area contributed by atoms with Crippen molar-refractivity contribution in [1.82, 2.24) is 18.7 Å². The average molecular weight is 501 g/mol. The molecule has 1 N–H and O–H groups in total. The molecule has 0 amide bonds. The Hall–Kier alpha value is -3.63. The van der Waals surface area contributed by atoms with Crippen LogP contribution < -0.4 is 10.3 Å². The van der Waals surface area contributed by atoms with Crippen LogP contribution in [-0.2, 0) is 17.1 Å². The van der Waals surface area contributed by atoms with Gasteiger partial charge in [-0.05, 0) is 43.3 Å². The minimum Gasteiger partial charge on any atom is -0.454 e. The Bertz CT molecular complexity index is 1750. The second-order valence-electron chi connectivity index (χ2n) is 7.70. The number of aryl methyl sites for hydroxylation is 1. The van der Waals surface area contributed by atoms with Crippen LogP contribution in [0.4, 0.5) is 4.39 Å². The highest BCUT2D eigenvalue weighted by molar-refractivity contribution is 7.89. The number of nitrogens with one attached hydrogen (secondary N) is 1. The molecule has 3 aromatic heterocycles. The minimum atomic E-state index is -3.68. The molecule has 0 aliphatic carbocycles. The lowest BCUT2D eigenvalue weighted by molar-refractivity contribution is 0.444. The van der Waals surface area contributed by atoms with Crippen LogP contribution in [0.1, 0.15) is 6.92 Å². The highest BCUT2D eigenvalue weighted by atomic mass is 35.5. The van der Waals surface area contributed by atoms with E-state index >= 15 is 0 Å². The lowest BCUT2D eigenvalue weighted by atomic mass is 10.0. The molecule has 0 unspecified atom stereocenters. The fourth-order valence-electron chi connectivity index (χ4n) is 3.83. The summed E-state index contributed by atoms with van der Waals surface area (Å²) < 4.78 is 48.1. The summed E-state index contributed by atoms with van der Waals surface area (Å²) in [7, 11) is -2.07. The second kappa shape index (κ2) is 8.00. The molecule has 3 heterocycles. The van der Waals surface area contributed by atoms with Crippen molar-refractivity contribution in [1.29, 1.82) is 0 Å². The number of H-pyrrole nitrogens is 1. The number of rotatable bonds is 5. The maximum atomic E-state index is 14.6. The molecule has 0 saturated heterocycles. The molecular weight excluding hydrogens is 483 g/mol. The van der Waals surface area contributed by atoms with E-state index in [1.165, 1.54) is 29.8 Å². The number of hydrogen-bond donors (Lipinski definition) is 1. The number of ether oxygens (including phenoxy) is 1. The van der Waals surface area contributed by atoms with E-state index in [0.29, 0.717) is 32.9 Å². The quantitative estimate of drug-likeness (QED) is 0.378. The Kier molecular flexibility index (Phi) is 5.22. The van der Waals surface area contributed by atoms with Gasteiger partial charge in [-0.1, -0.05) is 11.6 Å². The van der Waals surface area contributed by atoms with Crippen molar-refractivity contribution >= 4 is 43.4 Å². The number of halogens is 2. The van der Waals surface area contributed by atoms with E-state index < -0.39 is 15.8 Å². The van der Waals surface area contributed by atoms with Gasteiger partial charge in [-0.2, -0.15) is 9.19 Å². The second-order valence-corrected chi connectivity index (χ2v) is 10.2. The Morgan fingerprint density at radius 1 is 1.15 bits per heavy atom. The van der Waals surface area contributed by atoms with Gasteiger partial charge < -0.3 is 14.3 Å². The summed E-state index contributed by atoms with van der Waals surface area (Å²) in [4.78, 5) is 15.5. The van der Waals surface area contributed by atoms with Crippen molar-refractivity contribution in [2.75, 3.05) is 5.75 Å². The highest BCUT2D eigenvalue weighted by Crippen LogP contribution is 2.40. The maximum Gasteiger partial charge on any atom is 0.274 e. The molecule has 34 heavy (non-hydrogen) atoms. The summed E-state index contributed by atoms with van der Waals surface area (Å²) in [5.74, 6) is -0.609. The number of pyridine rings is 1. The zero-order chi connectivity index (χ0) is 24.2. The van der Waals surface area contributed by atoms with Gasteiger partial charge in [-0.3, -0.25) is 4.79 Å². The Balaban J connectivity index is 1.83. The predicted octanol–water partition coefficient (Wildman–Crippen LogP) is 4.67. The molecule has 174 valence electrons. The molecule has 0 saturated carbocycles. The minimum absolute atomic E-state index is 0.0614. The van der Waals surface area contributed by atoms with Crippen molar-refractivity contribution in [3.05, 3.63) is 76.2 Å². The summed E-state index contributed by atoms with van der Waals surface area (Å²) in [6.07, 6.45) is 4.67. The van der Waals surface area contributed by atoms with Crippen LogP contribution in [0.15, 0.2) is 59.8 Å². The molecule has 11 heteroatoms. The van der Waals surface area contributed by atoms with Crippen LogP contribution in [0.2, 0.25) is 5.02 Å². The summed E-state index contributed by atoms with van der Waals surface area (Å²) in [6, 6.07) is 8.99. The van der Waals surface area contributed by atoms with Crippen LogP contribution in [0.5, 0.6) is 11.5 Å². The van der Waals surface area contributed by atoms with Crippen LogP contribution >= 0.6 is 11.6 Å². The monoisotopic (exact) mass is 500 g/mol. The van der Waals surface area contributed by atoms with Crippen molar-refractivity contribution in [2.24, 2.45) is 7.05 Å². The summed E-state index contributed by atoms with van der Waals surface area (Å²) >= 11 is 5.87. The van der Waals surface area contributed by atoms with E-state index in [4.69, 9.17) is 16.3 Å². The number of fused-ring (bicyclic) bond motifs is 2. The van der Waals surface area contributed by atoms with Crippen LogP contribution in [-0.4, -0.2) is 32.9 Å². The Morgan fingerprint density at radius 3 is 2.68 bits per heavy atom. The lowest BCUT2D eigenvalue weighted by Crippen LogP contribution is -2.17. The number of benzene rings is 2. The molecular formula is C23H18ClFN4O4S. The van der Waals surface area contributed by atoms with Crippen molar-refractivity contribution in [3.8, 4) is 22.6 Å². The van der Waals surface area contributed by atoms with Gasteiger partial charge in [0.2, 0.25) is 0 Å². The molecule has 0 bridgehead atoms. The van der Waals surface area contributed by atoms with Crippen LogP contribution in [0.25, 0.3) is 32.9 Å². The third kappa shape index (κ3) is 3.55. The topological polar surface area (TPSA) is 99.0 Å². The van der Waals surface area contributed by atoms with Crippen molar-refractivity contribution < 1.29 is 17.5 Å². The summed E-state index contributed by atoms with van der Waals surface area (Å²) in [5, 5.41) is 5.37. The van der Waals surface area contributed by atoms with Gasteiger partial charge in [-0.25, -0.2) is 12.8 Å². The molecule has 2 aromatic carbocycles. The number of hydrogen-bond acceptors (Lipinski definition) is 5. The van der Waals surface area contributed by atoms with Crippen molar-refractivity contribution in [2.45, 2.75) is 6.92 Å². The maximum absolute atomic E-state index is 14.6. The van der Waals surface area contributed by atoms with Gasteiger partial charge in [0.1, 0.15) is 11.3 Å². The number of aromatic amines is 1. The predicted molar refractivity (Wildman–Crippen MR) is 129 cm³/mol. The average Bonchev–Trinajstić information content (AvgIpc) is 3.45. The normalized spacial score (nSPS) is 12.0.